The molecule has 0 unspecified atom stereocenters. The first-order valence-electron chi connectivity index (χ1n) is 5.73. The lowest BCUT2D eigenvalue weighted by molar-refractivity contribution is 0.797. The molecule has 0 fully saturated rings. The van der Waals surface area contributed by atoms with Crippen LogP contribution in [0.4, 0.5) is 0 Å². The van der Waals surface area contributed by atoms with Crippen LogP contribution in [0.25, 0.3) is 11.3 Å². The van der Waals surface area contributed by atoms with Crippen LogP contribution in [0.5, 0.6) is 0 Å². The van der Waals surface area contributed by atoms with E-state index in [2.05, 4.69) is 62.4 Å². The Balaban J connectivity index is 2.37. The van der Waals surface area contributed by atoms with Crippen molar-refractivity contribution in [3.8, 4) is 11.3 Å². The predicted molar refractivity (Wildman–Crippen MR) is 73.9 cm³/mol. The molecule has 4 heteroatoms. The molecule has 0 amide bonds. The molecule has 0 spiro atoms. The Morgan fingerprint density at radius 3 is 2.59 bits per heavy atom. The van der Waals surface area contributed by atoms with Gasteiger partial charge in [-0.1, -0.05) is 31.2 Å². The fourth-order valence-corrected chi connectivity index (χ4v) is 2.24. The summed E-state index contributed by atoms with van der Waals surface area (Å²) in [6.07, 6.45) is 1.06. The van der Waals surface area contributed by atoms with Crippen molar-refractivity contribution in [2.75, 3.05) is 7.05 Å². The molecule has 0 aliphatic rings. The zero-order valence-corrected chi connectivity index (χ0v) is 11.6. The van der Waals surface area contributed by atoms with Crippen LogP contribution in [-0.4, -0.2) is 17.0 Å². The molecule has 3 nitrogen and oxygen atoms in total. The van der Waals surface area contributed by atoms with E-state index in [0.717, 1.165) is 34.7 Å². The topological polar surface area (TPSA) is 40.7 Å². The molecule has 0 aliphatic carbocycles. The molecule has 1 aromatic heterocycles. The third kappa shape index (κ3) is 2.76. The summed E-state index contributed by atoms with van der Waals surface area (Å²) < 4.78 is 0.775. The normalized spacial score (nSPS) is 10.8. The second kappa shape index (κ2) is 5.47. The maximum atomic E-state index is 4.48. The maximum absolute atomic E-state index is 4.48. The molecular formula is C13H16BrN3. The first-order valence-corrected chi connectivity index (χ1v) is 6.52. The van der Waals surface area contributed by atoms with Crippen molar-refractivity contribution in [2.45, 2.75) is 19.9 Å². The van der Waals surface area contributed by atoms with Gasteiger partial charge in [0.05, 0.1) is 11.4 Å². The van der Waals surface area contributed by atoms with E-state index in [1.807, 2.05) is 7.05 Å². The van der Waals surface area contributed by atoms with Crippen LogP contribution in [0.2, 0.25) is 0 Å². The lowest BCUT2D eigenvalue weighted by Gasteiger charge is -2.03. The van der Waals surface area contributed by atoms with Crippen molar-refractivity contribution in [1.82, 2.24) is 15.3 Å². The minimum absolute atomic E-state index is 0.775. The number of aromatic amines is 1. The van der Waals surface area contributed by atoms with E-state index in [1.54, 1.807) is 0 Å². The minimum atomic E-state index is 0.775. The minimum Gasteiger partial charge on any atom is -0.335 e. The first-order chi connectivity index (χ1) is 8.24. The third-order valence-corrected chi connectivity index (χ3v) is 3.11. The summed E-state index contributed by atoms with van der Waals surface area (Å²) in [5, 5.41) is 3.14. The average Bonchev–Trinajstić information content (AvgIpc) is 2.71. The fourth-order valence-electron chi connectivity index (χ4n) is 1.82. The van der Waals surface area contributed by atoms with E-state index >= 15 is 0 Å². The molecule has 0 bridgehead atoms. The average molecular weight is 294 g/mol. The van der Waals surface area contributed by atoms with Crippen LogP contribution in [0, 0.1) is 0 Å². The smallest absolute Gasteiger partial charge is 0.175 e. The highest BCUT2D eigenvalue weighted by Gasteiger charge is 2.10. The molecule has 0 saturated heterocycles. The van der Waals surface area contributed by atoms with Gasteiger partial charge in [-0.15, -0.1) is 0 Å². The number of hydrogen-bond acceptors (Lipinski definition) is 2. The van der Waals surface area contributed by atoms with E-state index in [4.69, 9.17) is 0 Å². The van der Waals surface area contributed by atoms with Crippen molar-refractivity contribution >= 4 is 15.9 Å². The molecule has 0 aliphatic heterocycles. The predicted octanol–water partition coefficient (Wildman–Crippen LogP) is 3.12. The van der Waals surface area contributed by atoms with E-state index in [9.17, 15) is 0 Å². The summed E-state index contributed by atoms with van der Waals surface area (Å²) in [6, 6.07) is 8.56. The van der Waals surface area contributed by atoms with E-state index < -0.39 is 0 Å². The zero-order valence-electron chi connectivity index (χ0n) is 10.0. The molecular weight excluding hydrogens is 278 g/mol. The van der Waals surface area contributed by atoms with Crippen LogP contribution in [0.3, 0.4) is 0 Å². The quantitative estimate of drug-likeness (QED) is 0.909. The summed E-state index contributed by atoms with van der Waals surface area (Å²) in [4.78, 5) is 7.69. The molecule has 2 rings (SSSR count). The number of hydrogen-bond donors (Lipinski definition) is 2. The van der Waals surface area contributed by atoms with Gasteiger partial charge in [-0.25, -0.2) is 4.98 Å². The van der Waals surface area contributed by atoms with Gasteiger partial charge >= 0.3 is 0 Å². The summed E-state index contributed by atoms with van der Waals surface area (Å²) in [5.41, 5.74) is 4.60. The molecule has 1 aromatic carbocycles. The standard InChI is InChI=1S/C13H16BrN3/c1-3-9-4-6-10(7-5-9)12-11(8-15-2)16-13(14)17-12/h4-7,15H,3,8H2,1-2H3,(H,16,17). The third-order valence-electron chi connectivity index (χ3n) is 2.74. The maximum Gasteiger partial charge on any atom is 0.175 e. The highest BCUT2D eigenvalue weighted by atomic mass is 79.9. The lowest BCUT2D eigenvalue weighted by Crippen LogP contribution is -2.06. The molecule has 0 radical (unpaired) electrons. The van der Waals surface area contributed by atoms with E-state index in [0.29, 0.717) is 0 Å². The Kier molecular flexibility index (Phi) is 3.97. The number of aryl methyl sites for hydroxylation is 1. The molecule has 2 aromatic rings. The molecule has 17 heavy (non-hydrogen) atoms. The van der Waals surface area contributed by atoms with E-state index in [-0.39, 0.29) is 0 Å². The van der Waals surface area contributed by atoms with Gasteiger partial charge in [0.1, 0.15) is 0 Å². The van der Waals surface area contributed by atoms with Crippen molar-refractivity contribution in [2.24, 2.45) is 0 Å². The second-order valence-electron chi connectivity index (χ2n) is 3.94. The van der Waals surface area contributed by atoms with Gasteiger partial charge in [0, 0.05) is 12.1 Å². The van der Waals surface area contributed by atoms with Crippen molar-refractivity contribution < 1.29 is 0 Å². The summed E-state index contributed by atoms with van der Waals surface area (Å²) in [7, 11) is 1.93. The van der Waals surface area contributed by atoms with Gasteiger partial charge in [-0.2, -0.15) is 0 Å². The molecule has 90 valence electrons. The number of nitrogens with one attached hydrogen (secondary N) is 2. The summed E-state index contributed by atoms with van der Waals surface area (Å²) >= 11 is 3.38. The zero-order chi connectivity index (χ0) is 12.3. The first kappa shape index (κ1) is 12.3. The number of benzene rings is 1. The van der Waals surface area contributed by atoms with Gasteiger partial charge in [-0.3, -0.25) is 0 Å². The Hall–Kier alpha value is -1.13. The Morgan fingerprint density at radius 2 is 2.00 bits per heavy atom. The van der Waals surface area contributed by atoms with Gasteiger partial charge in [0.25, 0.3) is 0 Å². The van der Waals surface area contributed by atoms with Gasteiger partial charge in [0.15, 0.2) is 4.73 Å². The van der Waals surface area contributed by atoms with Crippen molar-refractivity contribution in [1.29, 1.82) is 0 Å². The molecule has 0 atom stereocenters. The summed E-state index contributed by atoms with van der Waals surface area (Å²) in [5.74, 6) is 0. The molecule has 2 N–H and O–H groups in total. The SMILES string of the molecule is CCc1ccc(-c2nc(Br)[nH]c2CNC)cc1. The monoisotopic (exact) mass is 293 g/mol. The Labute approximate surface area is 110 Å². The van der Waals surface area contributed by atoms with Crippen LogP contribution in [0.1, 0.15) is 18.2 Å². The van der Waals surface area contributed by atoms with Crippen LogP contribution >= 0.6 is 15.9 Å². The lowest BCUT2D eigenvalue weighted by atomic mass is 10.1. The van der Waals surface area contributed by atoms with Crippen LogP contribution in [0.15, 0.2) is 29.0 Å². The van der Waals surface area contributed by atoms with Crippen LogP contribution < -0.4 is 5.32 Å². The number of aromatic nitrogens is 2. The number of H-pyrrole nitrogens is 1. The highest BCUT2D eigenvalue weighted by Crippen LogP contribution is 2.24. The highest BCUT2D eigenvalue weighted by molar-refractivity contribution is 9.10. The van der Waals surface area contributed by atoms with E-state index in [1.165, 1.54) is 5.56 Å². The molecule has 0 saturated carbocycles. The molecule has 1 heterocycles. The second-order valence-corrected chi connectivity index (χ2v) is 4.69. The van der Waals surface area contributed by atoms with Gasteiger partial charge < -0.3 is 10.3 Å². The number of imidazole rings is 1. The van der Waals surface area contributed by atoms with Crippen LogP contribution in [-0.2, 0) is 13.0 Å². The number of rotatable bonds is 4. The van der Waals surface area contributed by atoms with Gasteiger partial charge in [0.2, 0.25) is 0 Å². The summed E-state index contributed by atoms with van der Waals surface area (Å²) in [6.45, 7) is 2.94. The number of nitrogens with zero attached hydrogens (tertiary/aromatic N) is 1. The van der Waals surface area contributed by atoms with Gasteiger partial charge in [-0.05, 0) is 35.0 Å². The fraction of sp³-hybridized carbons (Fsp3) is 0.308. The Morgan fingerprint density at radius 1 is 1.29 bits per heavy atom. The van der Waals surface area contributed by atoms with Crippen molar-refractivity contribution in [3.63, 3.8) is 0 Å². The van der Waals surface area contributed by atoms with Crippen molar-refractivity contribution in [3.05, 3.63) is 40.3 Å². The Bertz CT molecular complexity index is 488. The largest absolute Gasteiger partial charge is 0.335 e. The number of halogens is 1.